The van der Waals surface area contributed by atoms with E-state index in [9.17, 15) is 4.79 Å². The summed E-state index contributed by atoms with van der Waals surface area (Å²) in [6, 6.07) is 1.55. The first-order valence-electron chi connectivity index (χ1n) is 7.39. The second kappa shape index (κ2) is 5.11. The molecule has 0 spiro atoms. The lowest BCUT2D eigenvalue weighted by Crippen LogP contribution is -2.34. The number of aromatic nitrogens is 7. The van der Waals surface area contributed by atoms with Gasteiger partial charge in [-0.25, -0.2) is 9.67 Å². The van der Waals surface area contributed by atoms with E-state index in [1.54, 1.807) is 22.0 Å². The molecule has 10 heteroatoms. The number of nitrogens with one attached hydrogen (secondary N) is 2. The van der Waals surface area contributed by atoms with Crippen molar-refractivity contribution < 1.29 is 4.79 Å². The van der Waals surface area contributed by atoms with Gasteiger partial charge in [0, 0.05) is 18.1 Å². The predicted molar refractivity (Wildman–Crippen MR) is 86.1 cm³/mol. The topological polar surface area (TPSA) is 118 Å². The molecule has 1 unspecified atom stereocenters. The molecule has 0 radical (unpaired) electrons. The second-order valence-electron chi connectivity index (χ2n) is 5.64. The number of amides is 1. The Morgan fingerprint density at radius 3 is 3.04 bits per heavy atom. The van der Waals surface area contributed by atoms with Crippen LogP contribution in [0.5, 0.6) is 0 Å². The largest absolute Gasteiger partial charge is 0.321 e. The van der Waals surface area contributed by atoms with E-state index >= 15 is 0 Å². The van der Waals surface area contributed by atoms with Crippen LogP contribution in [0.4, 0.5) is 11.6 Å². The number of pyridine rings is 1. The van der Waals surface area contributed by atoms with Crippen molar-refractivity contribution in [1.82, 2.24) is 35.4 Å². The first-order chi connectivity index (χ1) is 11.6. The highest BCUT2D eigenvalue weighted by molar-refractivity contribution is 6.06. The number of allylic oxidation sites excluding steroid dienone is 1. The van der Waals surface area contributed by atoms with Crippen molar-refractivity contribution in [2.75, 3.05) is 17.3 Å². The highest BCUT2D eigenvalue weighted by Gasteiger charge is 2.32. The molecule has 1 atom stereocenters. The van der Waals surface area contributed by atoms with Crippen LogP contribution in [0, 0.1) is 0 Å². The third-order valence-electron chi connectivity index (χ3n) is 4.25. The summed E-state index contributed by atoms with van der Waals surface area (Å²) in [6.07, 6.45) is 3.25. The van der Waals surface area contributed by atoms with E-state index in [2.05, 4.69) is 36.0 Å². The fourth-order valence-corrected chi connectivity index (χ4v) is 2.87. The molecule has 0 aliphatic carbocycles. The van der Waals surface area contributed by atoms with Crippen LogP contribution < -0.4 is 10.2 Å². The van der Waals surface area contributed by atoms with Gasteiger partial charge in [-0.05, 0) is 30.3 Å². The molecule has 4 heterocycles. The maximum absolute atomic E-state index is 12.8. The standard InChI is InChI=1S/C14H15N9O/c1-7-11(8(2)23-14(22(7)3)19-20-21-23)13(24)17-10-4-9-5-16-18-12(9)15-6-10/h4-6,8H,1-3H3,(H,17,24)(H,15,16,18). The highest BCUT2D eigenvalue weighted by atomic mass is 16.1. The fourth-order valence-electron chi connectivity index (χ4n) is 2.87. The van der Waals surface area contributed by atoms with Gasteiger partial charge in [0.1, 0.15) is 0 Å². The van der Waals surface area contributed by atoms with Gasteiger partial charge in [-0.3, -0.25) is 9.89 Å². The maximum Gasteiger partial charge on any atom is 0.255 e. The van der Waals surface area contributed by atoms with Crippen LogP contribution in [-0.4, -0.2) is 48.3 Å². The van der Waals surface area contributed by atoms with Crippen molar-refractivity contribution in [3.63, 3.8) is 0 Å². The maximum atomic E-state index is 12.8. The van der Waals surface area contributed by atoms with Crippen molar-refractivity contribution in [1.29, 1.82) is 0 Å². The lowest BCUT2D eigenvalue weighted by atomic mass is 10.0. The summed E-state index contributed by atoms with van der Waals surface area (Å²) in [5.74, 6) is 0.399. The molecule has 0 bridgehead atoms. The minimum absolute atomic E-state index is 0.211. The summed E-state index contributed by atoms with van der Waals surface area (Å²) in [7, 11) is 1.83. The number of carbonyl (C=O) groups excluding carboxylic acids is 1. The van der Waals surface area contributed by atoms with E-state index in [0.717, 1.165) is 11.1 Å². The van der Waals surface area contributed by atoms with E-state index < -0.39 is 0 Å². The Balaban J connectivity index is 1.67. The summed E-state index contributed by atoms with van der Waals surface area (Å²) in [6.45, 7) is 3.77. The molecular formula is C14H15N9O. The molecular weight excluding hydrogens is 310 g/mol. The second-order valence-corrected chi connectivity index (χ2v) is 5.64. The van der Waals surface area contributed by atoms with E-state index in [1.807, 2.05) is 27.0 Å². The Morgan fingerprint density at radius 2 is 2.21 bits per heavy atom. The molecule has 3 aromatic heterocycles. The lowest BCUT2D eigenvalue weighted by Gasteiger charge is -2.30. The summed E-state index contributed by atoms with van der Waals surface area (Å²) in [5.41, 5.74) is 2.68. The highest BCUT2D eigenvalue weighted by Crippen LogP contribution is 2.32. The fraction of sp³-hybridized carbons (Fsp3) is 0.286. The molecule has 0 fully saturated rings. The van der Waals surface area contributed by atoms with Crippen LogP contribution in [0.15, 0.2) is 29.7 Å². The van der Waals surface area contributed by atoms with Gasteiger partial charge >= 0.3 is 0 Å². The van der Waals surface area contributed by atoms with Gasteiger partial charge in [-0.2, -0.15) is 5.10 Å². The molecule has 122 valence electrons. The molecule has 10 nitrogen and oxygen atoms in total. The molecule has 0 aromatic carbocycles. The van der Waals surface area contributed by atoms with Gasteiger partial charge in [-0.15, -0.1) is 0 Å². The van der Waals surface area contributed by atoms with Gasteiger partial charge in [0.05, 0.1) is 29.7 Å². The zero-order chi connectivity index (χ0) is 16.8. The zero-order valence-electron chi connectivity index (χ0n) is 13.3. The molecule has 1 amide bonds. The number of nitrogens with zero attached hydrogens (tertiary/aromatic N) is 7. The van der Waals surface area contributed by atoms with Crippen LogP contribution in [0.1, 0.15) is 19.9 Å². The molecule has 4 rings (SSSR count). The molecule has 1 aliphatic heterocycles. The van der Waals surface area contributed by atoms with E-state index in [-0.39, 0.29) is 11.9 Å². The Hall–Kier alpha value is -3.30. The average molecular weight is 325 g/mol. The molecule has 0 saturated heterocycles. The smallest absolute Gasteiger partial charge is 0.255 e. The van der Waals surface area contributed by atoms with Gasteiger partial charge in [0.2, 0.25) is 5.95 Å². The van der Waals surface area contributed by atoms with Crippen LogP contribution >= 0.6 is 0 Å². The van der Waals surface area contributed by atoms with Crippen molar-refractivity contribution in [3.8, 4) is 0 Å². The van der Waals surface area contributed by atoms with Crippen LogP contribution in [0.2, 0.25) is 0 Å². The Bertz CT molecular complexity index is 969. The van der Waals surface area contributed by atoms with E-state index in [4.69, 9.17) is 0 Å². The number of carbonyl (C=O) groups is 1. The van der Waals surface area contributed by atoms with Crippen LogP contribution in [0.3, 0.4) is 0 Å². The van der Waals surface area contributed by atoms with Crippen molar-refractivity contribution in [2.45, 2.75) is 19.9 Å². The SMILES string of the molecule is CC1=C(C(=O)Nc2cnc3[nH]ncc3c2)C(C)n2nnnc2N1C. The van der Waals surface area contributed by atoms with Gasteiger partial charge in [-0.1, -0.05) is 5.10 Å². The molecule has 0 saturated carbocycles. The molecule has 3 aromatic rings. The Kier molecular flexibility index (Phi) is 3.05. The van der Waals surface area contributed by atoms with Gasteiger partial charge in [0.25, 0.3) is 5.91 Å². The molecule has 24 heavy (non-hydrogen) atoms. The Labute approximate surface area is 136 Å². The lowest BCUT2D eigenvalue weighted by molar-refractivity contribution is -0.113. The number of tetrazole rings is 1. The number of rotatable bonds is 2. The summed E-state index contributed by atoms with van der Waals surface area (Å²) in [5, 5.41) is 22.1. The number of aromatic amines is 1. The number of hydrogen-bond donors (Lipinski definition) is 2. The minimum atomic E-state index is -0.267. The van der Waals surface area contributed by atoms with Crippen molar-refractivity contribution in [2.24, 2.45) is 0 Å². The molecule has 1 aliphatic rings. The quantitative estimate of drug-likeness (QED) is 0.717. The summed E-state index contributed by atoms with van der Waals surface area (Å²) in [4.78, 5) is 18.8. The van der Waals surface area contributed by atoms with Gasteiger partial charge < -0.3 is 10.2 Å². The number of anilines is 2. The number of hydrogen-bond acceptors (Lipinski definition) is 7. The van der Waals surface area contributed by atoms with E-state index in [0.29, 0.717) is 22.9 Å². The van der Waals surface area contributed by atoms with Crippen molar-refractivity contribution >= 4 is 28.6 Å². The molecule has 2 N–H and O–H groups in total. The predicted octanol–water partition coefficient (Wildman–Crippen LogP) is 0.868. The van der Waals surface area contributed by atoms with Crippen molar-refractivity contribution in [3.05, 3.63) is 29.7 Å². The number of fused-ring (bicyclic) bond motifs is 2. The first-order valence-corrected chi connectivity index (χ1v) is 7.39. The first kappa shape index (κ1) is 14.3. The number of H-pyrrole nitrogens is 1. The van der Waals surface area contributed by atoms with Crippen LogP contribution in [0.25, 0.3) is 11.0 Å². The normalized spacial score (nSPS) is 17.3. The Morgan fingerprint density at radius 1 is 1.38 bits per heavy atom. The summed E-state index contributed by atoms with van der Waals surface area (Å²) < 4.78 is 1.62. The van der Waals surface area contributed by atoms with Crippen LogP contribution in [-0.2, 0) is 4.79 Å². The third-order valence-corrected chi connectivity index (χ3v) is 4.25. The zero-order valence-corrected chi connectivity index (χ0v) is 13.3. The average Bonchev–Trinajstić information content (AvgIpc) is 3.21. The summed E-state index contributed by atoms with van der Waals surface area (Å²) >= 11 is 0. The minimum Gasteiger partial charge on any atom is -0.321 e. The van der Waals surface area contributed by atoms with Gasteiger partial charge in [0.15, 0.2) is 5.65 Å². The third kappa shape index (κ3) is 2.03. The monoisotopic (exact) mass is 325 g/mol. The van der Waals surface area contributed by atoms with E-state index in [1.165, 1.54) is 0 Å².